The Morgan fingerprint density at radius 1 is 1.12 bits per heavy atom. The first kappa shape index (κ1) is 18.4. The fourth-order valence-corrected chi connectivity index (χ4v) is 5.23. The van der Waals surface area contributed by atoms with Gasteiger partial charge in [0.25, 0.3) is 10.0 Å². The summed E-state index contributed by atoms with van der Waals surface area (Å²) in [5, 5.41) is 14.2. The monoisotopic (exact) mass is 396 g/mol. The standard InChI is InChI=1S/C16H16N2O6S2/c1-10-2-3-12(16(19)20)9-15(10)26(23,24)18-7-6-11-8-13(25(17,21)22)4-5-14(11)18/h2-5,8-9H,6-7H2,1H3,(H,19,20)(H2,17,21,22). The Labute approximate surface area is 151 Å². The van der Waals surface area contributed by atoms with Crippen LogP contribution in [0, 0.1) is 6.92 Å². The van der Waals surface area contributed by atoms with Gasteiger partial charge in [0, 0.05) is 6.54 Å². The number of rotatable bonds is 4. The number of anilines is 1. The largest absolute Gasteiger partial charge is 0.478 e. The van der Waals surface area contributed by atoms with E-state index < -0.39 is 26.0 Å². The molecule has 1 heterocycles. The fraction of sp³-hybridized carbons (Fsp3) is 0.188. The van der Waals surface area contributed by atoms with Crippen molar-refractivity contribution in [3.8, 4) is 0 Å². The van der Waals surface area contributed by atoms with Gasteiger partial charge in [0.15, 0.2) is 0 Å². The molecular weight excluding hydrogens is 380 g/mol. The highest BCUT2D eigenvalue weighted by Gasteiger charge is 2.33. The van der Waals surface area contributed by atoms with Crippen molar-refractivity contribution in [3.05, 3.63) is 53.1 Å². The van der Waals surface area contributed by atoms with Gasteiger partial charge in [-0.25, -0.2) is 26.8 Å². The van der Waals surface area contributed by atoms with Crippen LogP contribution in [0.15, 0.2) is 46.2 Å². The molecule has 2 aromatic carbocycles. The molecule has 0 aliphatic carbocycles. The third-order valence-electron chi connectivity index (χ3n) is 4.24. The number of sulfonamides is 2. The van der Waals surface area contributed by atoms with E-state index in [1.165, 1.54) is 30.3 Å². The third kappa shape index (κ3) is 3.06. The van der Waals surface area contributed by atoms with Crippen LogP contribution in [-0.4, -0.2) is 34.5 Å². The Bertz CT molecular complexity index is 1120. The molecule has 3 rings (SSSR count). The highest BCUT2D eigenvalue weighted by molar-refractivity contribution is 7.93. The van der Waals surface area contributed by atoms with Gasteiger partial charge in [-0.2, -0.15) is 0 Å². The average molecular weight is 396 g/mol. The van der Waals surface area contributed by atoms with Crippen LogP contribution < -0.4 is 9.44 Å². The fourth-order valence-electron chi connectivity index (χ4n) is 2.90. The van der Waals surface area contributed by atoms with Gasteiger partial charge >= 0.3 is 5.97 Å². The van der Waals surface area contributed by atoms with Gasteiger partial charge in [0.2, 0.25) is 10.0 Å². The lowest BCUT2D eigenvalue weighted by atomic mass is 10.1. The average Bonchev–Trinajstić information content (AvgIpc) is 2.97. The lowest BCUT2D eigenvalue weighted by Crippen LogP contribution is -2.29. The minimum Gasteiger partial charge on any atom is -0.478 e. The van der Waals surface area contributed by atoms with Crippen molar-refractivity contribution in [1.82, 2.24) is 0 Å². The topological polar surface area (TPSA) is 135 Å². The minimum atomic E-state index is -4.00. The summed E-state index contributed by atoms with van der Waals surface area (Å²) < 4.78 is 50.2. The quantitative estimate of drug-likeness (QED) is 0.794. The smallest absolute Gasteiger partial charge is 0.335 e. The van der Waals surface area contributed by atoms with Crippen molar-refractivity contribution in [1.29, 1.82) is 0 Å². The summed E-state index contributed by atoms with van der Waals surface area (Å²) in [5.74, 6) is -1.22. The molecule has 0 fully saturated rings. The number of aryl methyl sites for hydroxylation is 1. The van der Waals surface area contributed by atoms with Gasteiger partial charge in [-0.05, 0) is 54.8 Å². The summed E-state index contributed by atoms with van der Waals surface area (Å²) in [4.78, 5) is 11.0. The zero-order chi connectivity index (χ0) is 19.3. The van der Waals surface area contributed by atoms with Crippen molar-refractivity contribution >= 4 is 31.7 Å². The first-order chi connectivity index (χ1) is 12.0. The van der Waals surface area contributed by atoms with Gasteiger partial charge < -0.3 is 5.11 Å². The van der Waals surface area contributed by atoms with E-state index in [9.17, 15) is 21.6 Å². The number of nitrogens with zero attached hydrogens (tertiary/aromatic N) is 1. The predicted octanol–water partition coefficient (Wildman–Crippen LogP) is 1.09. The number of benzene rings is 2. The van der Waals surface area contributed by atoms with E-state index in [0.717, 1.165) is 10.4 Å². The maximum Gasteiger partial charge on any atom is 0.335 e. The summed E-state index contributed by atoms with van der Waals surface area (Å²) in [5.41, 5.74) is 1.20. The van der Waals surface area contributed by atoms with Crippen LogP contribution in [0.2, 0.25) is 0 Å². The molecule has 138 valence electrons. The van der Waals surface area contributed by atoms with Crippen molar-refractivity contribution in [2.75, 3.05) is 10.8 Å². The van der Waals surface area contributed by atoms with Crippen molar-refractivity contribution in [2.45, 2.75) is 23.1 Å². The van der Waals surface area contributed by atoms with E-state index >= 15 is 0 Å². The molecule has 1 aliphatic rings. The lowest BCUT2D eigenvalue weighted by molar-refractivity contribution is 0.0696. The highest BCUT2D eigenvalue weighted by Crippen LogP contribution is 2.35. The van der Waals surface area contributed by atoms with E-state index in [1.54, 1.807) is 6.92 Å². The highest BCUT2D eigenvalue weighted by atomic mass is 32.2. The van der Waals surface area contributed by atoms with E-state index in [1.807, 2.05) is 0 Å². The minimum absolute atomic E-state index is 0.0837. The van der Waals surface area contributed by atoms with Crippen molar-refractivity contribution in [3.63, 3.8) is 0 Å². The van der Waals surface area contributed by atoms with Gasteiger partial charge in [0.1, 0.15) is 0 Å². The molecule has 0 saturated carbocycles. The summed E-state index contributed by atoms with van der Waals surface area (Å²) in [6.07, 6.45) is 0.329. The number of aromatic carboxylic acids is 1. The van der Waals surface area contributed by atoms with Crippen LogP contribution >= 0.6 is 0 Å². The van der Waals surface area contributed by atoms with E-state index in [-0.39, 0.29) is 21.9 Å². The van der Waals surface area contributed by atoms with Crippen LogP contribution in [-0.2, 0) is 26.5 Å². The number of primary sulfonamides is 1. The maximum atomic E-state index is 13.1. The van der Waals surface area contributed by atoms with Crippen LogP contribution in [0.25, 0.3) is 0 Å². The van der Waals surface area contributed by atoms with Gasteiger partial charge in [-0.1, -0.05) is 6.07 Å². The molecule has 0 spiro atoms. The Morgan fingerprint density at radius 3 is 2.42 bits per heavy atom. The van der Waals surface area contributed by atoms with Crippen molar-refractivity contribution in [2.24, 2.45) is 5.14 Å². The normalized spacial score (nSPS) is 14.3. The van der Waals surface area contributed by atoms with Crippen LogP contribution in [0.4, 0.5) is 5.69 Å². The Kier molecular flexibility index (Phi) is 4.29. The molecule has 26 heavy (non-hydrogen) atoms. The number of carboxylic acids is 1. The number of hydrogen-bond donors (Lipinski definition) is 2. The van der Waals surface area contributed by atoms with Gasteiger partial charge in [-0.15, -0.1) is 0 Å². The van der Waals surface area contributed by atoms with E-state index in [0.29, 0.717) is 23.2 Å². The molecule has 1 aliphatic heterocycles. The summed E-state index contributed by atoms with van der Waals surface area (Å²) in [6, 6.07) is 7.92. The Morgan fingerprint density at radius 2 is 1.81 bits per heavy atom. The molecule has 2 aromatic rings. The summed E-state index contributed by atoms with van der Waals surface area (Å²) in [7, 11) is -7.88. The molecule has 8 nitrogen and oxygen atoms in total. The zero-order valence-electron chi connectivity index (χ0n) is 13.7. The molecule has 0 amide bonds. The van der Waals surface area contributed by atoms with E-state index in [2.05, 4.69) is 0 Å². The second-order valence-electron chi connectivity index (χ2n) is 5.95. The molecule has 0 atom stereocenters. The number of nitrogens with two attached hydrogens (primary N) is 1. The lowest BCUT2D eigenvalue weighted by Gasteiger charge is -2.21. The summed E-state index contributed by atoms with van der Waals surface area (Å²) in [6.45, 7) is 1.71. The van der Waals surface area contributed by atoms with Crippen LogP contribution in [0.1, 0.15) is 21.5 Å². The number of carbonyl (C=O) groups is 1. The first-order valence-corrected chi connectivity index (χ1v) is 10.5. The molecule has 0 saturated heterocycles. The Hall–Kier alpha value is -2.43. The second kappa shape index (κ2) is 6.08. The third-order valence-corrected chi connectivity index (χ3v) is 7.10. The van der Waals surface area contributed by atoms with Crippen LogP contribution in [0.3, 0.4) is 0 Å². The van der Waals surface area contributed by atoms with Crippen molar-refractivity contribution < 1.29 is 26.7 Å². The molecule has 3 N–H and O–H groups in total. The molecule has 0 aromatic heterocycles. The summed E-state index contributed by atoms with van der Waals surface area (Å²) >= 11 is 0. The number of hydrogen-bond acceptors (Lipinski definition) is 5. The number of fused-ring (bicyclic) bond motifs is 1. The molecule has 0 radical (unpaired) electrons. The zero-order valence-corrected chi connectivity index (χ0v) is 15.3. The molecule has 0 unspecified atom stereocenters. The second-order valence-corrected chi connectivity index (χ2v) is 9.34. The van der Waals surface area contributed by atoms with Gasteiger partial charge in [0.05, 0.1) is 21.0 Å². The first-order valence-electron chi connectivity index (χ1n) is 7.54. The molecule has 10 heteroatoms. The molecular formula is C16H16N2O6S2. The van der Waals surface area contributed by atoms with Gasteiger partial charge in [-0.3, -0.25) is 4.31 Å². The molecule has 0 bridgehead atoms. The SMILES string of the molecule is Cc1ccc(C(=O)O)cc1S(=O)(=O)N1CCc2cc(S(N)(=O)=O)ccc21. The van der Waals surface area contributed by atoms with E-state index in [4.69, 9.17) is 10.2 Å². The van der Waals surface area contributed by atoms with Crippen LogP contribution in [0.5, 0.6) is 0 Å². The predicted molar refractivity (Wildman–Crippen MR) is 94.2 cm³/mol. The Balaban J connectivity index is 2.10. The maximum absolute atomic E-state index is 13.1. The number of carboxylic acid groups (broad SMARTS) is 1.